The first-order valence-corrected chi connectivity index (χ1v) is 10.8. The van der Waals surface area contributed by atoms with Crippen molar-refractivity contribution in [3.05, 3.63) is 72.8 Å². The van der Waals surface area contributed by atoms with Crippen LogP contribution in [0.5, 0.6) is 0 Å². The smallest absolute Gasteiger partial charge is 0.261 e. The molecule has 2 aromatic rings. The molecule has 0 aliphatic carbocycles. The fourth-order valence-corrected chi connectivity index (χ4v) is 7.91. The standard InChI is InChI=1S/C22H30OSi/c1-5-6-7-14-19-23-24(22(2,3)4,20-15-10-8-11-16-20)21-17-12-9-13-18-21/h6-13,15-18H,5,14,19H2,1-4H3/b7-6+. The van der Waals surface area contributed by atoms with Gasteiger partial charge in [0.05, 0.1) is 0 Å². The number of hydrogen-bond acceptors (Lipinski definition) is 1. The monoisotopic (exact) mass is 338 g/mol. The molecule has 0 aromatic heterocycles. The molecule has 0 bridgehead atoms. The summed E-state index contributed by atoms with van der Waals surface area (Å²) in [5, 5.41) is 2.76. The van der Waals surface area contributed by atoms with Crippen LogP contribution in [0, 0.1) is 0 Å². The highest BCUT2D eigenvalue weighted by atomic mass is 28.4. The Balaban J connectivity index is 2.47. The van der Waals surface area contributed by atoms with E-state index in [0.717, 1.165) is 19.4 Å². The van der Waals surface area contributed by atoms with Gasteiger partial charge in [0, 0.05) is 6.61 Å². The molecule has 2 heteroatoms. The molecule has 128 valence electrons. The molecule has 0 saturated carbocycles. The number of rotatable bonds is 7. The van der Waals surface area contributed by atoms with Crippen LogP contribution in [0.25, 0.3) is 0 Å². The summed E-state index contributed by atoms with van der Waals surface area (Å²) in [6, 6.07) is 21.7. The first-order chi connectivity index (χ1) is 11.5. The maximum absolute atomic E-state index is 6.80. The Bertz CT molecular complexity index is 587. The van der Waals surface area contributed by atoms with Crippen LogP contribution in [-0.4, -0.2) is 14.9 Å². The van der Waals surface area contributed by atoms with Gasteiger partial charge in [-0.25, -0.2) is 0 Å². The second-order valence-corrected chi connectivity index (χ2v) is 11.5. The Labute approximate surface area is 148 Å². The van der Waals surface area contributed by atoms with Gasteiger partial charge in [0.1, 0.15) is 0 Å². The number of hydrogen-bond donors (Lipinski definition) is 0. The summed E-state index contributed by atoms with van der Waals surface area (Å²) in [7, 11) is -2.34. The third kappa shape index (κ3) is 4.06. The SMILES string of the molecule is CC/C=C/CCO[Si](c1ccccc1)(c1ccccc1)C(C)(C)C. The first-order valence-electron chi connectivity index (χ1n) is 8.92. The number of allylic oxidation sites excluding steroid dienone is 1. The summed E-state index contributed by atoms with van der Waals surface area (Å²) in [5.74, 6) is 0. The van der Waals surface area contributed by atoms with E-state index in [1.807, 2.05) is 0 Å². The minimum atomic E-state index is -2.34. The lowest BCUT2D eigenvalue weighted by Crippen LogP contribution is -2.66. The second kappa shape index (κ2) is 8.45. The van der Waals surface area contributed by atoms with Crippen molar-refractivity contribution in [1.29, 1.82) is 0 Å². The van der Waals surface area contributed by atoms with Gasteiger partial charge in [-0.1, -0.05) is 101 Å². The zero-order chi connectivity index (χ0) is 17.5. The summed E-state index contributed by atoms with van der Waals surface area (Å²) < 4.78 is 6.80. The van der Waals surface area contributed by atoms with Crippen molar-refractivity contribution in [3.8, 4) is 0 Å². The Hall–Kier alpha value is -1.64. The summed E-state index contributed by atoms with van der Waals surface area (Å²) in [5.41, 5.74) is 0. The average molecular weight is 339 g/mol. The average Bonchev–Trinajstić information content (AvgIpc) is 2.59. The normalized spacial score (nSPS) is 12.7. The van der Waals surface area contributed by atoms with E-state index in [0.29, 0.717) is 0 Å². The van der Waals surface area contributed by atoms with Gasteiger partial charge >= 0.3 is 0 Å². The van der Waals surface area contributed by atoms with E-state index in [2.05, 4.69) is 101 Å². The predicted molar refractivity (Wildman–Crippen MR) is 108 cm³/mol. The maximum atomic E-state index is 6.80. The van der Waals surface area contributed by atoms with E-state index in [1.54, 1.807) is 0 Å². The third-order valence-corrected chi connectivity index (χ3v) is 9.46. The molecule has 0 heterocycles. The lowest BCUT2D eigenvalue weighted by Gasteiger charge is -2.43. The van der Waals surface area contributed by atoms with Gasteiger partial charge in [0.25, 0.3) is 8.32 Å². The maximum Gasteiger partial charge on any atom is 0.261 e. The third-order valence-electron chi connectivity index (χ3n) is 4.42. The molecule has 0 saturated heterocycles. The van der Waals surface area contributed by atoms with Crippen molar-refractivity contribution in [2.75, 3.05) is 6.61 Å². The molecular weight excluding hydrogens is 308 g/mol. The highest BCUT2D eigenvalue weighted by molar-refractivity contribution is 6.99. The minimum absolute atomic E-state index is 0.0597. The lowest BCUT2D eigenvalue weighted by molar-refractivity contribution is 0.304. The summed E-state index contributed by atoms with van der Waals surface area (Å²) in [6.07, 6.45) is 6.50. The van der Waals surface area contributed by atoms with Crippen molar-refractivity contribution in [3.63, 3.8) is 0 Å². The van der Waals surface area contributed by atoms with E-state index in [4.69, 9.17) is 4.43 Å². The van der Waals surface area contributed by atoms with Crippen molar-refractivity contribution in [2.45, 2.75) is 45.6 Å². The first kappa shape index (κ1) is 18.7. The second-order valence-electron chi connectivity index (χ2n) is 7.18. The summed E-state index contributed by atoms with van der Waals surface area (Å²) >= 11 is 0. The van der Waals surface area contributed by atoms with E-state index in [-0.39, 0.29) is 5.04 Å². The van der Waals surface area contributed by atoms with Crippen molar-refractivity contribution in [1.82, 2.24) is 0 Å². The van der Waals surface area contributed by atoms with Crippen LogP contribution in [-0.2, 0) is 4.43 Å². The molecule has 0 atom stereocenters. The highest BCUT2D eigenvalue weighted by Crippen LogP contribution is 2.36. The molecule has 0 N–H and O–H groups in total. The Morgan fingerprint density at radius 3 is 1.75 bits per heavy atom. The van der Waals surface area contributed by atoms with Crippen LogP contribution in [0.3, 0.4) is 0 Å². The molecule has 0 radical (unpaired) electrons. The van der Waals surface area contributed by atoms with E-state index >= 15 is 0 Å². The van der Waals surface area contributed by atoms with Crippen LogP contribution in [0.4, 0.5) is 0 Å². The quantitative estimate of drug-likeness (QED) is 0.395. The molecule has 0 amide bonds. The molecule has 0 aliphatic rings. The summed E-state index contributed by atoms with van der Waals surface area (Å²) in [6.45, 7) is 9.90. The molecule has 0 aliphatic heterocycles. The molecule has 1 nitrogen and oxygen atoms in total. The highest BCUT2D eigenvalue weighted by Gasteiger charge is 2.49. The fraction of sp³-hybridized carbons (Fsp3) is 0.364. The molecule has 2 aromatic carbocycles. The predicted octanol–water partition coefficient (Wildman–Crippen LogP) is 4.92. The van der Waals surface area contributed by atoms with Gasteiger partial charge in [-0.15, -0.1) is 0 Å². The van der Waals surface area contributed by atoms with Crippen LogP contribution in [0.1, 0.15) is 40.5 Å². The summed E-state index contributed by atoms with van der Waals surface area (Å²) in [4.78, 5) is 0. The van der Waals surface area contributed by atoms with Crippen molar-refractivity contribution in [2.24, 2.45) is 0 Å². The van der Waals surface area contributed by atoms with Gasteiger partial charge in [0.2, 0.25) is 0 Å². The Kier molecular flexibility index (Phi) is 6.58. The van der Waals surface area contributed by atoms with Crippen LogP contribution >= 0.6 is 0 Å². The van der Waals surface area contributed by atoms with Gasteiger partial charge < -0.3 is 4.43 Å². The zero-order valence-corrected chi connectivity index (χ0v) is 16.5. The fourth-order valence-electron chi connectivity index (χ4n) is 3.33. The Morgan fingerprint density at radius 1 is 0.833 bits per heavy atom. The molecular formula is C22H30OSi. The molecule has 2 rings (SSSR count). The van der Waals surface area contributed by atoms with Crippen LogP contribution in [0.2, 0.25) is 5.04 Å². The van der Waals surface area contributed by atoms with Crippen molar-refractivity contribution < 1.29 is 4.43 Å². The zero-order valence-electron chi connectivity index (χ0n) is 15.5. The van der Waals surface area contributed by atoms with Crippen LogP contribution in [0.15, 0.2) is 72.8 Å². The van der Waals surface area contributed by atoms with Crippen LogP contribution < -0.4 is 10.4 Å². The van der Waals surface area contributed by atoms with Gasteiger partial charge in [-0.3, -0.25) is 0 Å². The van der Waals surface area contributed by atoms with Gasteiger partial charge in [-0.05, 0) is 28.3 Å². The molecule has 24 heavy (non-hydrogen) atoms. The number of benzene rings is 2. The van der Waals surface area contributed by atoms with E-state index in [9.17, 15) is 0 Å². The van der Waals surface area contributed by atoms with Gasteiger partial charge in [0.15, 0.2) is 0 Å². The Morgan fingerprint density at radius 2 is 1.33 bits per heavy atom. The van der Waals surface area contributed by atoms with Gasteiger partial charge in [-0.2, -0.15) is 0 Å². The van der Waals surface area contributed by atoms with E-state index < -0.39 is 8.32 Å². The molecule has 0 fully saturated rings. The lowest BCUT2D eigenvalue weighted by atomic mass is 10.2. The van der Waals surface area contributed by atoms with E-state index in [1.165, 1.54) is 10.4 Å². The largest absolute Gasteiger partial charge is 0.407 e. The topological polar surface area (TPSA) is 9.23 Å². The molecule has 0 spiro atoms. The molecule has 0 unspecified atom stereocenters. The van der Waals surface area contributed by atoms with Crippen molar-refractivity contribution >= 4 is 18.7 Å². The minimum Gasteiger partial charge on any atom is -0.407 e.